The van der Waals surface area contributed by atoms with Gasteiger partial charge >= 0.3 is 24.2 Å². The maximum atomic E-state index is 14.2. The van der Waals surface area contributed by atoms with Crippen molar-refractivity contribution in [2.24, 2.45) is 0 Å². The lowest BCUT2D eigenvalue weighted by molar-refractivity contribution is 0.141. The first kappa shape index (κ1) is 113. The highest BCUT2D eigenvalue weighted by Gasteiger charge is 2.36. The van der Waals surface area contributed by atoms with Gasteiger partial charge in [-0.15, -0.1) is 0 Å². The van der Waals surface area contributed by atoms with Gasteiger partial charge in [0.25, 0.3) is 5.24 Å². The van der Waals surface area contributed by atoms with Crippen molar-refractivity contribution in [3.63, 3.8) is 0 Å². The van der Waals surface area contributed by atoms with Crippen molar-refractivity contribution in [3.8, 4) is 0 Å². The van der Waals surface area contributed by atoms with Crippen LogP contribution in [0, 0.1) is 104 Å². The summed E-state index contributed by atoms with van der Waals surface area (Å²) < 4.78 is 298. The number of hydrogen-bond donors (Lipinski definition) is 2. The number of benzene rings is 10. The fourth-order valence-corrected chi connectivity index (χ4v) is 25.2. The van der Waals surface area contributed by atoms with Gasteiger partial charge in [-0.2, -0.15) is 0 Å². The number of halogens is 12. The molecule has 0 spiro atoms. The van der Waals surface area contributed by atoms with Gasteiger partial charge in [-0.1, -0.05) is 144 Å². The number of hydrogen-bond acceptors (Lipinski definition) is 17. The van der Waals surface area contributed by atoms with E-state index in [1.165, 1.54) is 55.1 Å². The minimum atomic E-state index is -4.17. The van der Waals surface area contributed by atoms with Gasteiger partial charge in [-0.05, 0) is 200 Å². The Morgan fingerprint density at radius 1 is 0.310 bits per heavy atom. The van der Waals surface area contributed by atoms with E-state index in [0.717, 1.165) is 91.7 Å². The zero-order valence-electron chi connectivity index (χ0n) is 81.6. The van der Waals surface area contributed by atoms with Crippen molar-refractivity contribution in [1.82, 2.24) is 15.5 Å². The van der Waals surface area contributed by atoms with Crippen molar-refractivity contribution in [3.05, 3.63) is 321 Å². The Morgan fingerprint density at radius 3 is 1.01 bits per heavy atom. The zero-order valence-corrected chi connectivity index (χ0v) is 86.5. The molecule has 5 aliphatic rings. The van der Waals surface area contributed by atoms with E-state index in [2.05, 4.69) is 10.6 Å². The Hall–Kier alpha value is -12.0. The van der Waals surface area contributed by atoms with Crippen LogP contribution in [0.5, 0.6) is 0 Å². The second-order valence-electron chi connectivity index (χ2n) is 35.9. The number of carbonyl (C=O) groups excluding carboxylic acids is 5. The summed E-state index contributed by atoms with van der Waals surface area (Å²) in [6.07, 6.45) is 4.28. The van der Waals surface area contributed by atoms with Crippen LogP contribution in [0.25, 0.3) is 0 Å². The molecule has 0 fully saturated rings. The average Bonchev–Trinajstić information content (AvgIpc) is 0.773. The smallest absolute Gasteiger partial charge is 0.414 e. The normalized spacial score (nSPS) is 14.1. The molecular formula is C103H112F12N8O16S6. The summed E-state index contributed by atoms with van der Waals surface area (Å²) in [5.74, 6) is -20.8. The minimum Gasteiger partial charge on any atom is -0.444 e. The molecule has 5 aliphatic heterocycles. The molecule has 24 nitrogen and oxygen atoms in total. The maximum Gasteiger partial charge on any atom is 0.414 e. The van der Waals surface area contributed by atoms with Crippen LogP contribution < -0.4 is 35.1 Å². The standard InChI is InChI=1S/C23H26F4N2O3S.C20H20F4N2O3S.C20H21F2NO3S2.C20H23FN2O3S.C20H22FNO4S/c1-4-8-28-11-16-10-15(6-7-18(16)29(9-5-2)23(28)30)12-33(31,32)13-17-21(26)19(24)14(3)20(25)22(17)27;1-3-6-26-15-5-4-12(7-13(15)8-25-20(26)27)9-30(28,29)10-14-18(23)16(21)11(2)17(22)19(14)24;1-3-8-23-17-7-5-14(9-16(17)10-27-20(23)24)11-28(25,26)12-15-6-4-13(2)18(21)19(15)22;1-3-8-23-19-7-6-15(9-17(19)11-22-20(23)24)12-27(25,26)13-16-5-4-14(2)18(21)10-16;1-3-8-22-19-7-6-15(9-17(19)11-26-20(22)23)12-27(24,25)13-16-5-4-14(2)18(21)10-16/h6-7,10H,4-5,8-9,11-13H2,1-3H3;4-5,7H,3,6,8-10H2,1-2H3,(H,25,27);4-7,9H,3,8,10-12H2,1-2H3;4-7,9-10H,3,8,11-13H2,1-2H3,(H,22,24);4-7,9-10H,3,8,11-13H2,1-2H3. The number of cyclic esters (lactones) is 1. The van der Waals surface area contributed by atoms with Crippen LogP contribution in [0.1, 0.15) is 191 Å². The lowest BCUT2D eigenvalue weighted by Crippen LogP contribution is -2.47. The monoisotopic (exact) mass is 2140 g/mol. The van der Waals surface area contributed by atoms with Gasteiger partial charge in [0.2, 0.25) is 0 Å². The van der Waals surface area contributed by atoms with E-state index >= 15 is 0 Å². The van der Waals surface area contributed by atoms with E-state index in [4.69, 9.17) is 4.74 Å². The minimum absolute atomic E-state index is 0.00778. The summed E-state index contributed by atoms with van der Waals surface area (Å²) in [6, 6.07) is 36.5. The van der Waals surface area contributed by atoms with Crippen LogP contribution in [-0.2, 0) is 143 Å². The second kappa shape index (κ2) is 48.6. The highest BCUT2D eigenvalue weighted by Crippen LogP contribution is 2.39. The molecule has 0 aliphatic carbocycles. The van der Waals surface area contributed by atoms with Crippen LogP contribution in [0.3, 0.4) is 0 Å². The Bertz CT molecular complexity index is 7020. The number of ether oxygens (including phenoxy) is 1. The lowest BCUT2D eigenvalue weighted by Gasteiger charge is -2.37. The number of amides is 8. The van der Waals surface area contributed by atoms with Crippen molar-refractivity contribution in [1.29, 1.82) is 0 Å². The Labute approximate surface area is 840 Å². The molecule has 0 saturated carbocycles. The number of urea groups is 3. The first-order chi connectivity index (χ1) is 68.3. The van der Waals surface area contributed by atoms with Crippen LogP contribution in [0.4, 0.5) is 105 Å². The van der Waals surface area contributed by atoms with Crippen LogP contribution >= 0.6 is 11.8 Å². The number of nitrogens with one attached hydrogen (secondary N) is 2. The molecule has 0 saturated heterocycles. The van der Waals surface area contributed by atoms with E-state index < -0.39 is 170 Å². The van der Waals surface area contributed by atoms with Gasteiger partial charge in [0.1, 0.15) is 18.2 Å². The molecule has 2 N–H and O–H groups in total. The molecule has 10 aromatic rings. The summed E-state index contributed by atoms with van der Waals surface area (Å²) in [7, 11) is -18.9. The molecule has 15 rings (SSSR count). The van der Waals surface area contributed by atoms with E-state index in [1.807, 2.05) is 47.6 Å². The van der Waals surface area contributed by atoms with Crippen LogP contribution in [0.2, 0.25) is 0 Å². The molecule has 780 valence electrons. The van der Waals surface area contributed by atoms with Crippen LogP contribution in [0.15, 0.2) is 140 Å². The fourth-order valence-electron chi connectivity index (χ4n) is 17.0. The van der Waals surface area contributed by atoms with E-state index in [0.29, 0.717) is 125 Å². The molecule has 0 atom stereocenters. The first-order valence-corrected chi connectivity index (χ1v) is 56.7. The second-order valence-corrected chi connectivity index (χ2v) is 47.2. The van der Waals surface area contributed by atoms with Gasteiger partial charge in [-0.25, -0.2) is 114 Å². The molecule has 0 aromatic heterocycles. The Morgan fingerprint density at radius 2 is 0.621 bits per heavy atom. The number of anilines is 5. The summed E-state index contributed by atoms with van der Waals surface area (Å²) in [5.41, 5.74) is 8.11. The number of nitrogens with zero attached hydrogens (tertiary/aromatic N) is 6. The van der Waals surface area contributed by atoms with E-state index in [1.54, 1.807) is 140 Å². The lowest BCUT2D eigenvalue weighted by atomic mass is 10.1. The van der Waals surface area contributed by atoms with Crippen LogP contribution in [-0.4, -0.2) is 116 Å². The third-order valence-electron chi connectivity index (χ3n) is 24.0. The van der Waals surface area contributed by atoms with Gasteiger partial charge in [0.15, 0.2) is 107 Å². The predicted molar refractivity (Wildman–Crippen MR) is 535 cm³/mol. The largest absolute Gasteiger partial charge is 0.444 e. The summed E-state index contributed by atoms with van der Waals surface area (Å²) in [6.45, 7) is 22.5. The van der Waals surface area contributed by atoms with Crippen molar-refractivity contribution >= 4 is 119 Å². The zero-order chi connectivity index (χ0) is 106. The van der Waals surface area contributed by atoms with E-state index in [-0.39, 0.29) is 82.5 Å². The highest BCUT2D eigenvalue weighted by atomic mass is 32.2. The summed E-state index contributed by atoms with van der Waals surface area (Å²) in [5, 5.41) is 5.49. The predicted octanol–water partition coefficient (Wildman–Crippen LogP) is 22.1. The summed E-state index contributed by atoms with van der Waals surface area (Å²) >= 11 is 1.19. The quantitative estimate of drug-likeness (QED) is 0.0292. The number of thioether (sulfide) groups is 1. The van der Waals surface area contributed by atoms with Gasteiger partial charge < -0.3 is 25.2 Å². The molecule has 0 bridgehead atoms. The fraction of sp³-hybridized carbons (Fsp3) is 0.369. The summed E-state index contributed by atoms with van der Waals surface area (Å²) in [4.78, 5) is 70.5. The third-order valence-corrected chi connectivity index (χ3v) is 32.6. The third kappa shape index (κ3) is 28.5. The topological polar surface area (TPSA) is 309 Å². The molecule has 8 amide bonds. The average molecular weight is 2140 g/mol. The van der Waals surface area contributed by atoms with Crippen molar-refractivity contribution in [2.45, 2.75) is 204 Å². The highest BCUT2D eigenvalue weighted by molar-refractivity contribution is 8.13. The van der Waals surface area contributed by atoms with Gasteiger partial charge in [-0.3, -0.25) is 24.4 Å². The maximum absolute atomic E-state index is 14.2. The van der Waals surface area contributed by atoms with Gasteiger partial charge in [0.05, 0.1) is 80.3 Å². The molecular weight excluding hydrogens is 2030 g/mol. The Balaban J connectivity index is 0.000000173. The molecule has 10 aromatic carbocycles. The molecule has 145 heavy (non-hydrogen) atoms. The number of aryl methyl sites for hydroxylation is 3. The Kier molecular flexibility index (Phi) is 38.0. The van der Waals surface area contributed by atoms with Crippen molar-refractivity contribution in [2.75, 3.05) is 63.8 Å². The molecule has 0 radical (unpaired) electrons. The number of sulfone groups is 5. The molecule has 42 heteroatoms. The van der Waals surface area contributed by atoms with Crippen molar-refractivity contribution < 1.29 is 123 Å². The number of rotatable bonds is 32. The van der Waals surface area contributed by atoms with E-state index in [9.17, 15) is 119 Å². The first-order valence-electron chi connectivity index (χ1n) is 46.6. The molecule has 5 heterocycles. The van der Waals surface area contributed by atoms with Gasteiger partial charge in [0, 0.05) is 104 Å². The number of fused-ring (bicyclic) bond motifs is 5. The SMILES string of the molecule is CCCN1C(=O)NCc2cc(CS(=O)(=O)Cc3c(F)c(F)c(C)c(F)c3F)ccc21.CCCN1C(=O)NCc2cc(CS(=O)(=O)Cc3ccc(C)c(F)c3)ccc21.CCCN1C(=O)OCc2cc(CS(=O)(=O)Cc3ccc(C)c(F)c3)ccc21.CCCN1C(=O)SCc2cc(CS(=O)(=O)Cc3ccc(C)c(F)c3F)ccc21.CCCN1Cc2cc(CS(=O)(=O)Cc3c(F)c(F)c(C)c(F)c3F)ccc2N(CCC)C1=O. The number of carbonyl (C=O) groups is 5. The molecule has 0 unspecified atom stereocenters.